The summed E-state index contributed by atoms with van der Waals surface area (Å²) in [5, 5.41) is 3.04. The predicted molar refractivity (Wildman–Crippen MR) is 82.0 cm³/mol. The summed E-state index contributed by atoms with van der Waals surface area (Å²) >= 11 is 0. The number of nitrogens with two attached hydrogens (primary N) is 1. The van der Waals surface area contributed by atoms with Crippen LogP contribution in [0.4, 0.5) is 0 Å². The average molecular weight is 271 g/mol. The van der Waals surface area contributed by atoms with Crippen LogP contribution in [0, 0.1) is 11.8 Å². The second-order valence-electron chi connectivity index (χ2n) is 6.60. The molecule has 0 aliphatic rings. The fraction of sp³-hybridized carbons (Fsp3) is 0.933. The summed E-state index contributed by atoms with van der Waals surface area (Å²) in [6.07, 6.45) is 1.77. The van der Waals surface area contributed by atoms with Crippen LogP contribution < -0.4 is 11.1 Å². The Bertz CT molecular complexity index is 256. The van der Waals surface area contributed by atoms with Gasteiger partial charge in [-0.1, -0.05) is 27.7 Å². The zero-order valence-corrected chi connectivity index (χ0v) is 13.6. The molecule has 0 spiro atoms. The predicted octanol–water partition coefficient (Wildman–Crippen LogP) is 1.84. The molecule has 1 unspecified atom stereocenters. The standard InChI is InChI=1S/C15H33N3O/c1-12(2)10-18(11-13(3)4)9-7-8-15(5,17-6)14(16)19/h12-13,17H,7-11H2,1-6H3,(H2,16,19). The van der Waals surface area contributed by atoms with E-state index in [-0.39, 0.29) is 5.91 Å². The van der Waals surface area contributed by atoms with Gasteiger partial charge in [0, 0.05) is 13.1 Å². The summed E-state index contributed by atoms with van der Waals surface area (Å²) in [6, 6.07) is 0. The van der Waals surface area contributed by atoms with Gasteiger partial charge in [-0.05, 0) is 45.2 Å². The number of carbonyl (C=O) groups excluding carboxylic acids is 1. The minimum Gasteiger partial charge on any atom is -0.368 e. The van der Waals surface area contributed by atoms with Crippen molar-refractivity contribution in [2.75, 3.05) is 26.7 Å². The topological polar surface area (TPSA) is 58.4 Å². The van der Waals surface area contributed by atoms with E-state index in [0.717, 1.165) is 32.5 Å². The van der Waals surface area contributed by atoms with E-state index in [1.165, 1.54) is 0 Å². The van der Waals surface area contributed by atoms with Crippen LogP contribution in [0.1, 0.15) is 47.5 Å². The van der Waals surface area contributed by atoms with Gasteiger partial charge in [-0.15, -0.1) is 0 Å². The lowest BCUT2D eigenvalue weighted by molar-refractivity contribution is -0.123. The Balaban J connectivity index is 4.27. The highest BCUT2D eigenvalue weighted by molar-refractivity contribution is 5.84. The second-order valence-corrected chi connectivity index (χ2v) is 6.60. The lowest BCUT2D eigenvalue weighted by atomic mass is 9.95. The number of nitrogens with one attached hydrogen (secondary N) is 1. The zero-order valence-electron chi connectivity index (χ0n) is 13.6. The number of amides is 1. The minimum absolute atomic E-state index is 0.269. The SMILES string of the molecule is CNC(C)(CCCN(CC(C)C)CC(C)C)C(N)=O. The molecule has 0 bridgehead atoms. The number of likely N-dealkylation sites (N-methyl/N-ethyl adjacent to an activating group) is 1. The molecule has 19 heavy (non-hydrogen) atoms. The first-order valence-corrected chi connectivity index (χ1v) is 7.42. The van der Waals surface area contributed by atoms with E-state index in [2.05, 4.69) is 37.9 Å². The first-order chi connectivity index (χ1) is 8.71. The van der Waals surface area contributed by atoms with Gasteiger partial charge in [-0.25, -0.2) is 0 Å². The minimum atomic E-state index is -0.582. The average Bonchev–Trinajstić information content (AvgIpc) is 2.26. The molecule has 0 aliphatic heterocycles. The summed E-state index contributed by atoms with van der Waals surface area (Å²) in [6.45, 7) is 14.1. The van der Waals surface area contributed by atoms with Crippen molar-refractivity contribution >= 4 is 5.91 Å². The third-order valence-electron chi connectivity index (χ3n) is 3.49. The van der Waals surface area contributed by atoms with Crippen LogP contribution in [0.3, 0.4) is 0 Å². The van der Waals surface area contributed by atoms with Crippen molar-refractivity contribution in [3.63, 3.8) is 0 Å². The van der Waals surface area contributed by atoms with Crippen LogP contribution in [-0.2, 0) is 4.79 Å². The van der Waals surface area contributed by atoms with Crippen LogP contribution in [0.15, 0.2) is 0 Å². The Morgan fingerprint density at radius 3 is 2.00 bits per heavy atom. The van der Waals surface area contributed by atoms with Gasteiger partial charge in [0.2, 0.25) is 5.91 Å². The van der Waals surface area contributed by atoms with E-state index in [0.29, 0.717) is 11.8 Å². The maximum Gasteiger partial charge on any atom is 0.237 e. The summed E-state index contributed by atoms with van der Waals surface area (Å²) in [7, 11) is 1.80. The second kappa shape index (κ2) is 8.54. The van der Waals surface area contributed by atoms with E-state index in [1.54, 1.807) is 7.05 Å². The number of hydrogen-bond donors (Lipinski definition) is 2. The van der Waals surface area contributed by atoms with Crippen molar-refractivity contribution in [3.05, 3.63) is 0 Å². The highest BCUT2D eigenvalue weighted by Crippen LogP contribution is 2.13. The Morgan fingerprint density at radius 1 is 1.21 bits per heavy atom. The van der Waals surface area contributed by atoms with E-state index in [9.17, 15) is 4.79 Å². The Labute approximate surface area is 119 Å². The lowest BCUT2D eigenvalue weighted by Crippen LogP contribution is -2.51. The normalized spacial score (nSPS) is 15.2. The van der Waals surface area contributed by atoms with Gasteiger partial charge < -0.3 is 16.0 Å². The number of hydrogen-bond acceptors (Lipinski definition) is 3. The van der Waals surface area contributed by atoms with Crippen LogP contribution in [0.25, 0.3) is 0 Å². The third-order valence-corrected chi connectivity index (χ3v) is 3.49. The van der Waals surface area contributed by atoms with E-state index in [1.807, 2.05) is 6.92 Å². The molecule has 1 atom stereocenters. The van der Waals surface area contributed by atoms with Gasteiger partial charge >= 0.3 is 0 Å². The fourth-order valence-corrected chi connectivity index (χ4v) is 2.32. The van der Waals surface area contributed by atoms with E-state index < -0.39 is 5.54 Å². The Morgan fingerprint density at radius 2 is 1.68 bits per heavy atom. The lowest BCUT2D eigenvalue weighted by Gasteiger charge is -2.29. The van der Waals surface area contributed by atoms with Gasteiger partial charge in [-0.3, -0.25) is 4.79 Å². The number of primary amides is 1. The van der Waals surface area contributed by atoms with Gasteiger partial charge in [0.15, 0.2) is 0 Å². The van der Waals surface area contributed by atoms with Crippen molar-refractivity contribution in [2.24, 2.45) is 17.6 Å². The molecule has 0 radical (unpaired) electrons. The first-order valence-electron chi connectivity index (χ1n) is 7.42. The number of carbonyl (C=O) groups is 1. The maximum absolute atomic E-state index is 11.4. The maximum atomic E-state index is 11.4. The molecule has 4 heteroatoms. The molecule has 0 saturated carbocycles. The quantitative estimate of drug-likeness (QED) is 0.637. The molecule has 3 N–H and O–H groups in total. The Hall–Kier alpha value is -0.610. The fourth-order valence-electron chi connectivity index (χ4n) is 2.32. The molecule has 0 aromatic heterocycles. The zero-order chi connectivity index (χ0) is 15.1. The summed E-state index contributed by atoms with van der Waals surface area (Å²) in [5.74, 6) is 1.07. The number of nitrogens with zero attached hydrogens (tertiary/aromatic N) is 1. The van der Waals surface area contributed by atoms with Crippen LogP contribution in [0.5, 0.6) is 0 Å². The number of rotatable bonds is 10. The molecular weight excluding hydrogens is 238 g/mol. The third kappa shape index (κ3) is 7.53. The van der Waals surface area contributed by atoms with Gasteiger partial charge in [0.1, 0.15) is 0 Å². The molecule has 0 fully saturated rings. The summed E-state index contributed by atoms with van der Waals surface area (Å²) in [5.41, 5.74) is 4.86. The van der Waals surface area contributed by atoms with E-state index in [4.69, 9.17) is 5.73 Å². The highest BCUT2D eigenvalue weighted by atomic mass is 16.1. The largest absolute Gasteiger partial charge is 0.368 e. The molecule has 0 rings (SSSR count). The van der Waals surface area contributed by atoms with Crippen molar-refractivity contribution in [1.29, 1.82) is 0 Å². The molecule has 4 nitrogen and oxygen atoms in total. The monoisotopic (exact) mass is 271 g/mol. The van der Waals surface area contributed by atoms with Gasteiger partial charge in [0.25, 0.3) is 0 Å². The van der Waals surface area contributed by atoms with Crippen LogP contribution >= 0.6 is 0 Å². The van der Waals surface area contributed by atoms with Crippen molar-refractivity contribution in [3.8, 4) is 0 Å². The molecule has 0 aromatic rings. The molecule has 114 valence electrons. The van der Waals surface area contributed by atoms with Gasteiger partial charge in [-0.2, -0.15) is 0 Å². The smallest absolute Gasteiger partial charge is 0.237 e. The van der Waals surface area contributed by atoms with Crippen molar-refractivity contribution < 1.29 is 4.79 Å². The molecule has 0 saturated heterocycles. The molecular formula is C15H33N3O. The molecule has 0 heterocycles. The van der Waals surface area contributed by atoms with E-state index >= 15 is 0 Å². The van der Waals surface area contributed by atoms with Crippen LogP contribution in [-0.4, -0.2) is 43.0 Å². The summed E-state index contributed by atoms with van der Waals surface area (Å²) in [4.78, 5) is 13.9. The molecule has 1 amide bonds. The van der Waals surface area contributed by atoms with Crippen molar-refractivity contribution in [2.45, 2.75) is 53.0 Å². The first kappa shape index (κ1) is 18.4. The molecule has 0 aliphatic carbocycles. The summed E-state index contributed by atoms with van der Waals surface area (Å²) < 4.78 is 0. The Kier molecular flexibility index (Phi) is 8.26. The highest BCUT2D eigenvalue weighted by Gasteiger charge is 2.28. The van der Waals surface area contributed by atoms with Crippen molar-refractivity contribution in [1.82, 2.24) is 10.2 Å². The van der Waals surface area contributed by atoms with Gasteiger partial charge in [0.05, 0.1) is 5.54 Å². The molecule has 0 aromatic carbocycles. The van der Waals surface area contributed by atoms with Crippen LogP contribution in [0.2, 0.25) is 0 Å².